The minimum atomic E-state index is 1.01. The number of hydrogen-bond donors (Lipinski definition) is 0. The molecule has 3 aromatic rings. The average Bonchev–Trinajstić information content (AvgIpc) is 2.55. The summed E-state index contributed by atoms with van der Waals surface area (Å²) in [5.74, 6) is 0. The molecule has 0 unspecified atom stereocenters. The number of rotatable bonds is 1. The predicted molar refractivity (Wildman–Crippen MR) is 80.3 cm³/mol. The Kier molecular flexibility index (Phi) is 2.59. The van der Waals surface area contributed by atoms with E-state index < -0.39 is 0 Å². The molecule has 1 aromatic carbocycles. The van der Waals surface area contributed by atoms with E-state index in [1.165, 1.54) is 16.7 Å². The van der Waals surface area contributed by atoms with Gasteiger partial charge in [0.1, 0.15) is 0 Å². The molecule has 2 aromatic heterocycles. The fraction of sp³-hybridized carbons (Fsp3) is 0.111. The van der Waals surface area contributed by atoms with E-state index in [9.17, 15) is 0 Å². The number of benzene rings is 1. The lowest BCUT2D eigenvalue weighted by molar-refractivity contribution is 0.927. The Balaban J connectivity index is 1.90. The number of fused-ring (bicyclic) bond motifs is 3. The van der Waals surface area contributed by atoms with Crippen LogP contribution in [0.25, 0.3) is 22.5 Å². The molecule has 0 aliphatic heterocycles. The van der Waals surface area contributed by atoms with E-state index in [4.69, 9.17) is 0 Å². The molecule has 2 nitrogen and oxygen atoms in total. The number of aromatic nitrogens is 2. The summed E-state index contributed by atoms with van der Waals surface area (Å²) in [5, 5.41) is 0. The van der Waals surface area contributed by atoms with Crippen LogP contribution in [0.15, 0.2) is 60.9 Å². The average molecular weight is 258 g/mol. The van der Waals surface area contributed by atoms with Crippen molar-refractivity contribution in [2.24, 2.45) is 0 Å². The molecule has 20 heavy (non-hydrogen) atoms. The fourth-order valence-corrected chi connectivity index (χ4v) is 2.86. The quantitative estimate of drug-likeness (QED) is 0.661. The van der Waals surface area contributed by atoms with Crippen molar-refractivity contribution in [3.63, 3.8) is 0 Å². The second kappa shape index (κ2) is 4.57. The van der Waals surface area contributed by atoms with E-state index in [2.05, 4.69) is 34.2 Å². The molecule has 1 aliphatic rings. The van der Waals surface area contributed by atoms with Gasteiger partial charge in [0.15, 0.2) is 0 Å². The van der Waals surface area contributed by atoms with Gasteiger partial charge in [-0.05, 0) is 48.2 Å². The van der Waals surface area contributed by atoms with Crippen molar-refractivity contribution in [2.75, 3.05) is 0 Å². The standard InChI is InChI=1S/C18H14N2/c1-2-10-19-17(5-1)15-9-7-13-6-8-14-4-3-11-20-18(14)16(13)12-15/h1-5,7,9-12H,6,8H2. The normalized spacial score (nSPS) is 12.6. The third-order valence-corrected chi connectivity index (χ3v) is 3.88. The molecule has 96 valence electrons. The molecule has 0 spiro atoms. The summed E-state index contributed by atoms with van der Waals surface area (Å²) in [6.07, 6.45) is 5.89. The Morgan fingerprint density at radius 1 is 0.750 bits per heavy atom. The lowest BCUT2D eigenvalue weighted by Crippen LogP contribution is -2.05. The molecule has 0 fully saturated rings. The van der Waals surface area contributed by atoms with Crippen LogP contribution in [-0.4, -0.2) is 9.97 Å². The second-order valence-electron chi connectivity index (χ2n) is 5.10. The van der Waals surface area contributed by atoms with Crippen molar-refractivity contribution in [1.82, 2.24) is 9.97 Å². The van der Waals surface area contributed by atoms with Gasteiger partial charge in [0.05, 0.1) is 11.4 Å². The molecule has 0 bridgehead atoms. The van der Waals surface area contributed by atoms with E-state index in [1.807, 2.05) is 36.7 Å². The molecule has 0 radical (unpaired) electrons. The van der Waals surface area contributed by atoms with Gasteiger partial charge in [-0.1, -0.05) is 24.3 Å². The van der Waals surface area contributed by atoms with Crippen molar-refractivity contribution >= 4 is 0 Å². The first-order valence-electron chi connectivity index (χ1n) is 6.90. The number of aryl methyl sites for hydroxylation is 2. The van der Waals surface area contributed by atoms with E-state index >= 15 is 0 Å². The molecule has 4 rings (SSSR count). The first kappa shape index (κ1) is 11.4. The molecule has 0 saturated heterocycles. The maximum atomic E-state index is 4.57. The van der Waals surface area contributed by atoms with Crippen LogP contribution in [0, 0.1) is 0 Å². The first-order valence-corrected chi connectivity index (χ1v) is 6.90. The highest BCUT2D eigenvalue weighted by atomic mass is 14.7. The maximum absolute atomic E-state index is 4.57. The molecule has 2 heteroatoms. The Bertz CT molecular complexity index is 763. The van der Waals surface area contributed by atoms with Crippen LogP contribution in [0.3, 0.4) is 0 Å². The number of hydrogen-bond acceptors (Lipinski definition) is 2. The van der Waals surface area contributed by atoms with Gasteiger partial charge < -0.3 is 0 Å². The van der Waals surface area contributed by atoms with Crippen LogP contribution in [0.4, 0.5) is 0 Å². The molecular formula is C18H14N2. The molecule has 0 saturated carbocycles. The van der Waals surface area contributed by atoms with Crippen molar-refractivity contribution in [3.05, 3.63) is 72.1 Å². The summed E-state index contributed by atoms with van der Waals surface area (Å²) in [5.41, 5.74) is 7.29. The van der Waals surface area contributed by atoms with Crippen molar-refractivity contribution in [3.8, 4) is 22.5 Å². The highest BCUT2D eigenvalue weighted by Crippen LogP contribution is 2.34. The van der Waals surface area contributed by atoms with E-state index in [0.29, 0.717) is 0 Å². The van der Waals surface area contributed by atoms with E-state index in [-0.39, 0.29) is 0 Å². The Morgan fingerprint density at radius 2 is 1.65 bits per heavy atom. The maximum Gasteiger partial charge on any atom is 0.0737 e. The van der Waals surface area contributed by atoms with Gasteiger partial charge >= 0.3 is 0 Å². The largest absolute Gasteiger partial charge is 0.256 e. The van der Waals surface area contributed by atoms with Crippen molar-refractivity contribution < 1.29 is 0 Å². The van der Waals surface area contributed by atoms with Gasteiger partial charge in [0.2, 0.25) is 0 Å². The summed E-state index contributed by atoms with van der Waals surface area (Å²) >= 11 is 0. The second-order valence-corrected chi connectivity index (χ2v) is 5.10. The van der Waals surface area contributed by atoms with Gasteiger partial charge in [0.25, 0.3) is 0 Å². The lowest BCUT2D eigenvalue weighted by atomic mass is 9.87. The van der Waals surface area contributed by atoms with E-state index in [0.717, 1.165) is 29.8 Å². The van der Waals surface area contributed by atoms with Gasteiger partial charge in [-0.3, -0.25) is 9.97 Å². The van der Waals surface area contributed by atoms with Crippen molar-refractivity contribution in [2.45, 2.75) is 12.8 Å². The summed E-state index contributed by atoms with van der Waals surface area (Å²) in [6, 6.07) is 16.8. The third kappa shape index (κ3) is 1.81. The van der Waals surface area contributed by atoms with Crippen LogP contribution < -0.4 is 0 Å². The molecule has 0 N–H and O–H groups in total. The zero-order valence-corrected chi connectivity index (χ0v) is 11.1. The minimum Gasteiger partial charge on any atom is -0.256 e. The van der Waals surface area contributed by atoms with Crippen LogP contribution in [0.2, 0.25) is 0 Å². The highest BCUT2D eigenvalue weighted by Gasteiger charge is 2.17. The zero-order valence-electron chi connectivity index (χ0n) is 11.1. The third-order valence-electron chi connectivity index (χ3n) is 3.88. The number of pyridine rings is 2. The van der Waals surface area contributed by atoms with Crippen LogP contribution in [0.5, 0.6) is 0 Å². The zero-order chi connectivity index (χ0) is 13.4. The topological polar surface area (TPSA) is 25.8 Å². The lowest BCUT2D eigenvalue weighted by Gasteiger charge is -2.19. The molecule has 1 aliphatic carbocycles. The van der Waals surface area contributed by atoms with E-state index in [1.54, 1.807) is 0 Å². The van der Waals surface area contributed by atoms with Gasteiger partial charge in [-0.25, -0.2) is 0 Å². The predicted octanol–water partition coefficient (Wildman–Crippen LogP) is 3.91. The Labute approximate surface area is 118 Å². The summed E-state index contributed by atoms with van der Waals surface area (Å²) in [7, 11) is 0. The van der Waals surface area contributed by atoms with Crippen LogP contribution in [0.1, 0.15) is 11.1 Å². The van der Waals surface area contributed by atoms with Crippen molar-refractivity contribution in [1.29, 1.82) is 0 Å². The summed E-state index contributed by atoms with van der Waals surface area (Å²) in [6.45, 7) is 0. The molecule has 0 atom stereocenters. The smallest absolute Gasteiger partial charge is 0.0737 e. The molecule has 0 amide bonds. The summed E-state index contributed by atoms with van der Waals surface area (Å²) in [4.78, 5) is 9.01. The van der Waals surface area contributed by atoms with Crippen LogP contribution in [-0.2, 0) is 12.8 Å². The Morgan fingerprint density at radius 3 is 2.55 bits per heavy atom. The number of nitrogens with zero attached hydrogens (tertiary/aromatic N) is 2. The SMILES string of the molecule is c1ccc(-c2ccc3c(c2)-c2ncccc2CC3)nc1. The van der Waals surface area contributed by atoms with Gasteiger partial charge in [0, 0.05) is 23.5 Å². The van der Waals surface area contributed by atoms with Gasteiger partial charge in [-0.2, -0.15) is 0 Å². The highest BCUT2D eigenvalue weighted by molar-refractivity contribution is 5.75. The fourth-order valence-electron chi connectivity index (χ4n) is 2.86. The van der Waals surface area contributed by atoms with Crippen LogP contribution >= 0.6 is 0 Å². The molecular weight excluding hydrogens is 244 g/mol. The first-order chi connectivity index (χ1) is 9.92. The molecule has 2 heterocycles. The van der Waals surface area contributed by atoms with Gasteiger partial charge in [-0.15, -0.1) is 0 Å². The monoisotopic (exact) mass is 258 g/mol. The minimum absolute atomic E-state index is 1.01. The summed E-state index contributed by atoms with van der Waals surface area (Å²) < 4.78 is 0. The Hall–Kier alpha value is -2.48.